The molecule has 0 N–H and O–H groups in total. The molecule has 2 heterocycles. The first kappa shape index (κ1) is 14.4. The van der Waals surface area contributed by atoms with E-state index in [9.17, 15) is 13.2 Å². The lowest BCUT2D eigenvalue weighted by molar-refractivity contribution is -0.141. The van der Waals surface area contributed by atoms with Gasteiger partial charge in [-0.05, 0) is 31.2 Å². The third kappa shape index (κ3) is 3.75. The lowest BCUT2D eigenvalue weighted by Crippen LogP contribution is -2.30. The van der Waals surface area contributed by atoms with Gasteiger partial charge in [0.1, 0.15) is 0 Å². The van der Waals surface area contributed by atoms with Gasteiger partial charge in [-0.15, -0.1) is 10.2 Å². The second kappa shape index (κ2) is 5.98. The van der Waals surface area contributed by atoms with Crippen LogP contribution in [-0.2, 0) is 6.18 Å². The van der Waals surface area contributed by atoms with Crippen molar-refractivity contribution >= 4 is 17.6 Å². The highest BCUT2D eigenvalue weighted by molar-refractivity contribution is 7.99. The summed E-state index contributed by atoms with van der Waals surface area (Å²) in [6.45, 7) is 1.65. The van der Waals surface area contributed by atoms with Crippen molar-refractivity contribution in [3.05, 3.63) is 17.8 Å². The summed E-state index contributed by atoms with van der Waals surface area (Å²) >= 11 is 1.80. The normalized spacial score (nSPS) is 21.3. The largest absolute Gasteiger partial charge is 0.435 e. The van der Waals surface area contributed by atoms with Gasteiger partial charge in [0, 0.05) is 18.3 Å². The standard InChI is InChI=1S/C12H16F3N3S/c1-19-9-4-2-3-7-18(8-9)11-6-5-10(16-17-11)12(13,14)15/h5-6,9H,2-4,7-8H2,1H3. The van der Waals surface area contributed by atoms with Crippen LogP contribution in [0.25, 0.3) is 0 Å². The number of thioether (sulfide) groups is 1. The molecule has 106 valence electrons. The molecule has 1 aromatic heterocycles. The fraction of sp³-hybridized carbons (Fsp3) is 0.667. The smallest absolute Gasteiger partial charge is 0.354 e. The average molecular weight is 291 g/mol. The minimum Gasteiger partial charge on any atom is -0.354 e. The van der Waals surface area contributed by atoms with E-state index >= 15 is 0 Å². The monoisotopic (exact) mass is 291 g/mol. The molecular weight excluding hydrogens is 275 g/mol. The first-order valence-corrected chi connectivity index (χ1v) is 7.48. The summed E-state index contributed by atoms with van der Waals surface area (Å²) in [4.78, 5) is 2.03. The van der Waals surface area contributed by atoms with E-state index in [-0.39, 0.29) is 0 Å². The van der Waals surface area contributed by atoms with Crippen LogP contribution in [0.4, 0.5) is 19.0 Å². The fourth-order valence-electron chi connectivity index (χ4n) is 2.15. The highest BCUT2D eigenvalue weighted by Gasteiger charge is 2.33. The summed E-state index contributed by atoms with van der Waals surface area (Å²) in [5, 5.41) is 7.52. The van der Waals surface area contributed by atoms with Gasteiger partial charge in [-0.3, -0.25) is 0 Å². The van der Waals surface area contributed by atoms with Crippen LogP contribution in [-0.4, -0.2) is 34.8 Å². The van der Waals surface area contributed by atoms with Gasteiger partial charge in [-0.2, -0.15) is 24.9 Å². The van der Waals surface area contributed by atoms with Crippen molar-refractivity contribution < 1.29 is 13.2 Å². The second-order valence-electron chi connectivity index (χ2n) is 4.57. The Bertz CT molecular complexity index is 408. The highest BCUT2D eigenvalue weighted by Crippen LogP contribution is 2.28. The van der Waals surface area contributed by atoms with E-state index in [4.69, 9.17) is 0 Å². The number of anilines is 1. The number of rotatable bonds is 2. The van der Waals surface area contributed by atoms with Crippen LogP contribution in [0.2, 0.25) is 0 Å². The maximum atomic E-state index is 12.4. The van der Waals surface area contributed by atoms with E-state index in [0.717, 1.165) is 38.4 Å². The minimum absolute atomic E-state index is 0.506. The Morgan fingerprint density at radius 1 is 1.26 bits per heavy atom. The quantitative estimate of drug-likeness (QED) is 0.836. The minimum atomic E-state index is -4.42. The SMILES string of the molecule is CSC1CCCCN(c2ccc(C(F)(F)F)nn2)C1. The van der Waals surface area contributed by atoms with Gasteiger partial charge >= 0.3 is 6.18 Å². The summed E-state index contributed by atoms with van der Waals surface area (Å²) in [7, 11) is 0. The molecule has 0 saturated carbocycles. The van der Waals surface area contributed by atoms with Gasteiger partial charge in [0.05, 0.1) is 0 Å². The van der Waals surface area contributed by atoms with Crippen LogP contribution >= 0.6 is 11.8 Å². The van der Waals surface area contributed by atoms with Gasteiger partial charge < -0.3 is 4.90 Å². The third-order valence-electron chi connectivity index (χ3n) is 3.23. The zero-order valence-corrected chi connectivity index (χ0v) is 11.5. The van der Waals surface area contributed by atoms with Crippen molar-refractivity contribution in [2.24, 2.45) is 0 Å². The maximum absolute atomic E-state index is 12.4. The summed E-state index contributed by atoms with van der Waals surface area (Å²) in [6.07, 6.45) is 0.973. The Balaban J connectivity index is 2.12. The molecule has 0 radical (unpaired) electrons. The van der Waals surface area contributed by atoms with E-state index < -0.39 is 11.9 Å². The molecule has 1 aromatic rings. The summed E-state index contributed by atoms with van der Waals surface area (Å²) in [6, 6.07) is 2.42. The third-order valence-corrected chi connectivity index (χ3v) is 4.28. The molecule has 0 aliphatic carbocycles. The van der Waals surface area contributed by atoms with Gasteiger partial charge in [0.15, 0.2) is 11.5 Å². The summed E-state index contributed by atoms with van der Waals surface area (Å²) in [5.41, 5.74) is -0.938. The Morgan fingerprint density at radius 3 is 2.63 bits per heavy atom. The number of aromatic nitrogens is 2. The molecule has 1 saturated heterocycles. The van der Waals surface area contributed by atoms with E-state index in [1.165, 1.54) is 6.07 Å². The van der Waals surface area contributed by atoms with Crippen molar-refractivity contribution in [1.82, 2.24) is 10.2 Å². The second-order valence-corrected chi connectivity index (χ2v) is 5.71. The number of hydrogen-bond donors (Lipinski definition) is 0. The van der Waals surface area contributed by atoms with E-state index in [2.05, 4.69) is 16.5 Å². The molecule has 1 unspecified atom stereocenters. The van der Waals surface area contributed by atoms with Crippen LogP contribution < -0.4 is 4.90 Å². The Labute approximate surface area is 114 Å². The Hall–Kier alpha value is -0.980. The van der Waals surface area contributed by atoms with Gasteiger partial charge in [0.25, 0.3) is 0 Å². The molecule has 0 spiro atoms. The molecule has 1 atom stereocenters. The van der Waals surface area contributed by atoms with Crippen molar-refractivity contribution in [2.75, 3.05) is 24.2 Å². The lowest BCUT2D eigenvalue weighted by Gasteiger charge is -2.24. The van der Waals surface area contributed by atoms with E-state index in [1.807, 2.05) is 4.90 Å². The summed E-state index contributed by atoms with van der Waals surface area (Å²) in [5.74, 6) is 0.536. The molecular formula is C12H16F3N3S. The van der Waals surface area contributed by atoms with Crippen LogP contribution in [0.15, 0.2) is 12.1 Å². The van der Waals surface area contributed by atoms with Crippen molar-refractivity contribution in [1.29, 1.82) is 0 Å². The molecule has 0 bridgehead atoms. The average Bonchev–Trinajstić information content (AvgIpc) is 2.63. The molecule has 19 heavy (non-hydrogen) atoms. The zero-order valence-electron chi connectivity index (χ0n) is 10.7. The molecule has 7 heteroatoms. The Kier molecular flexibility index (Phi) is 4.54. The van der Waals surface area contributed by atoms with Crippen molar-refractivity contribution in [3.8, 4) is 0 Å². The molecule has 1 aliphatic heterocycles. The van der Waals surface area contributed by atoms with Gasteiger partial charge in [0.2, 0.25) is 0 Å². The molecule has 2 rings (SSSR count). The van der Waals surface area contributed by atoms with Crippen LogP contribution in [0, 0.1) is 0 Å². The van der Waals surface area contributed by atoms with Crippen LogP contribution in [0.1, 0.15) is 25.0 Å². The zero-order chi connectivity index (χ0) is 13.9. The predicted molar refractivity (Wildman–Crippen MR) is 70.4 cm³/mol. The van der Waals surface area contributed by atoms with E-state index in [0.29, 0.717) is 11.1 Å². The number of alkyl halides is 3. The first-order chi connectivity index (χ1) is 9.00. The molecule has 1 fully saturated rings. The summed E-state index contributed by atoms with van der Waals surface area (Å²) < 4.78 is 37.3. The van der Waals surface area contributed by atoms with E-state index in [1.54, 1.807) is 11.8 Å². The first-order valence-electron chi connectivity index (χ1n) is 6.19. The molecule has 0 amide bonds. The maximum Gasteiger partial charge on any atom is 0.435 e. The fourth-order valence-corrected chi connectivity index (χ4v) is 2.88. The molecule has 1 aliphatic rings. The topological polar surface area (TPSA) is 29.0 Å². The van der Waals surface area contributed by atoms with Crippen LogP contribution in [0.3, 0.4) is 0 Å². The van der Waals surface area contributed by atoms with Crippen molar-refractivity contribution in [2.45, 2.75) is 30.7 Å². The van der Waals surface area contributed by atoms with Crippen LogP contribution in [0.5, 0.6) is 0 Å². The Morgan fingerprint density at radius 2 is 2.05 bits per heavy atom. The molecule has 0 aromatic carbocycles. The number of nitrogens with zero attached hydrogens (tertiary/aromatic N) is 3. The van der Waals surface area contributed by atoms with Gasteiger partial charge in [-0.1, -0.05) is 6.42 Å². The highest BCUT2D eigenvalue weighted by atomic mass is 32.2. The number of halogens is 3. The number of hydrogen-bond acceptors (Lipinski definition) is 4. The van der Waals surface area contributed by atoms with Gasteiger partial charge in [-0.25, -0.2) is 0 Å². The lowest BCUT2D eigenvalue weighted by atomic mass is 10.2. The molecule has 3 nitrogen and oxygen atoms in total. The predicted octanol–water partition coefficient (Wildman–Crippen LogP) is 3.22. The van der Waals surface area contributed by atoms with Crippen molar-refractivity contribution in [3.63, 3.8) is 0 Å².